The number of hydrogen-bond donors (Lipinski definition) is 3. The Hall–Kier alpha value is -7.79. The minimum absolute atomic E-state index is 0.0889. The molecule has 8 aromatic rings. The van der Waals surface area contributed by atoms with Crippen LogP contribution in [0.1, 0.15) is 28.7 Å². The summed E-state index contributed by atoms with van der Waals surface area (Å²) in [6, 6.07) is 67.0. The Morgan fingerprint density at radius 3 is 2.14 bits per heavy atom. The maximum Gasteiger partial charge on any atom is 0.172 e. The topological polar surface area (TPSA) is 80.6 Å². The highest BCUT2D eigenvalue weighted by molar-refractivity contribution is 7.88. The van der Waals surface area contributed by atoms with Gasteiger partial charge in [0, 0.05) is 55.5 Å². The molecule has 0 radical (unpaired) electrons. The van der Waals surface area contributed by atoms with Crippen molar-refractivity contribution in [2.45, 2.75) is 6.42 Å². The molecule has 0 aromatic heterocycles. The number of nitrogens with one attached hydrogen (secondary N) is 3. The van der Waals surface area contributed by atoms with Gasteiger partial charge in [0.15, 0.2) is 7.14 Å². The van der Waals surface area contributed by atoms with Crippen molar-refractivity contribution in [2.75, 3.05) is 16.9 Å². The first-order valence-corrected chi connectivity index (χ1v) is 23.4. The number of hydrogen-bond acceptors (Lipinski definition) is 4. The summed E-state index contributed by atoms with van der Waals surface area (Å²) in [7, 11) is -3.39. The van der Waals surface area contributed by atoms with Crippen LogP contribution in [-0.4, -0.2) is 18.3 Å². The van der Waals surface area contributed by atoms with E-state index in [4.69, 9.17) is 10.4 Å². The van der Waals surface area contributed by atoms with E-state index in [1.165, 1.54) is 0 Å². The molecule has 6 nitrogen and oxygen atoms in total. The van der Waals surface area contributed by atoms with Crippen LogP contribution in [0.4, 0.5) is 22.7 Å². The molecule has 308 valence electrons. The number of amidine groups is 2. The van der Waals surface area contributed by atoms with Crippen molar-refractivity contribution in [2.24, 2.45) is 10.9 Å². The molecule has 3 aliphatic rings. The van der Waals surface area contributed by atoms with Gasteiger partial charge in [-0.05, 0) is 82.4 Å². The lowest BCUT2D eigenvalue weighted by Gasteiger charge is -2.29. The molecule has 0 bridgehead atoms. The first-order valence-electron chi connectivity index (χ1n) is 21.7. The summed E-state index contributed by atoms with van der Waals surface area (Å²) in [4.78, 5) is 7.24. The maximum atomic E-state index is 16.5. The van der Waals surface area contributed by atoms with Gasteiger partial charge in [-0.1, -0.05) is 170 Å². The van der Waals surface area contributed by atoms with Gasteiger partial charge in [0.2, 0.25) is 0 Å². The van der Waals surface area contributed by atoms with E-state index in [9.17, 15) is 0 Å². The van der Waals surface area contributed by atoms with E-state index in [1.807, 2.05) is 72.8 Å². The lowest BCUT2D eigenvalue weighted by molar-refractivity contribution is 0.593. The van der Waals surface area contributed by atoms with Crippen LogP contribution in [0.5, 0.6) is 0 Å². The van der Waals surface area contributed by atoms with Gasteiger partial charge in [-0.2, -0.15) is 0 Å². The molecule has 64 heavy (non-hydrogen) atoms. The summed E-state index contributed by atoms with van der Waals surface area (Å²) in [6.07, 6.45) is 8.88. The molecule has 8 aromatic carbocycles. The Balaban J connectivity index is 1.02. The van der Waals surface area contributed by atoms with Crippen LogP contribution >= 0.6 is 7.14 Å². The Morgan fingerprint density at radius 1 is 0.641 bits per heavy atom. The van der Waals surface area contributed by atoms with E-state index >= 15 is 4.57 Å². The van der Waals surface area contributed by atoms with Gasteiger partial charge in [-0.25, -0.2) is 4.99 Å². The molecule has 1 aliphatic carbocycles. The molecular weight excluding hydrogens is 802 g/mol. The highest BCUT2D eigenvalue weighted by atomic mass is 31.2. The number of rotatable bonds is 8. The molecule has 7 heteroatoms. The second-order valence-electron chi connectivity index (χ2n) is 16.3. The van der Waals surface area contributed by atoms with Gasteiger partial charge in [0.25, 0.3) is 0 Å². The van der Waals surface area contributed by atoms with Crippen LogP contribution < -0.4 is 26.1 Å². The van der Waals surface area contributed by atoms with Gasteiger partial charge in [-0.3, -0.25) is 5.41 Å². The summed E-state index contributed by atoms with van der Waals surface area (Å²) in [6.45, 7) is 0.431. The quantitative estimate of drug-likeness (QED) is 0.0616. The zero-order chi connectivity index (χ0) is 43.0. The first-order chi connectivity index (χ1) is 31.5. The van der Waals surface area contributed by atoms with Crippen molar-refractivity contribution < 1.29 is 4.57 Å². The predicted molar refractivity (Wildman–Crippen MR) is 268 cm³/mol. The third-order valence-corrected chi connectivity index (χ3v) is 15.6. The van der Waals surface area contributed by atoms with Crippen molar-refractivity contribution in [3.63, 3.8) is 0 Å². The molecule has 0 amide bonds. The van der Waals surface area contributed by atoms with Gasteiger partial charge in [0.1, 0.15) is 11.7 Å². The minimum Gasteiger partial charge on any atom is -0.368 e. The molecule has 0 saturated carbocycles. The largest absolute Gasteiger partial charge is 0.368 e. The van der Waals surface area contributed by atoms with E-state index in [2.05, 4.69) is 161 Å². The average molecular weight is 846 g/mol. The fourth-order valence-electron chi connectivity index (χ4n) is 9.39. The second-order valence-corrected chi connectivity index (χ2v) is 18.9. The molecule has 0 spiro atoms. The van der Waals surface area contributed by atoms with Crippen LogP contribution in [0.25, 0.3) is 32.8 Å². The van der Waals surface area contributed by atoms with Crippen molar-refractivity contribution in [1.29, 1.82) is 5.41 Å². The minimum atomic E-state index is -3.39. The number of para-hydroxylation sites is 3. The zero-order valence-electron chi connectivity index (χ0n) is 35.0. The van der Waals surface area contributed by atoms with E-state index in [0.29, 0.717) is 18.3 Å². The van der Waals surface area contributed by atoms with Crippen LogP contribution in [0.2, 0.25) is 0 Å². The molecule has 2 heterocycles. The number of fused-ring (bicyclic) bond motifs is 7. The highest BCUT2D eigenvalue weighted by Gasteiger charge is 2.46. The van der Waals surface area contributed by atoms with E-state index in [1.54, 1.807) is 0 Å². The third kappa shape index (κ3) is 6.89. The number of anilines is 4. The third-order valence-electron chi connectivity index (χ3n) is 12.4. The zero-order valence-corrected chi connectivity index (χ0v) is 35.9. The first kappa shape index (κ1) is 39.1. The van der Waals surface area contributed by atoms with E-state index in [-0.39, 0.29) is 5.92 Å². The van der Waals surface area contributed by atoms with Crippen molar-refractivity contribution >= 4 is 73.8 Å². The van der Waals surface area contributed by atoms with Crippen LogP contribution in [0, 0.1) is 11.3 Å². The van der Waals surface area contributed by atoms with Gasteiger partial charge >= 0.3 is 0 Å². The summed E-state index contributed by atoms with van der Waals surface area (Å²) in [5.74, 6) is 0.845. The molecule has 3 N–H and O–H groups in total. The lowest BCUT2D eigenvalue weighted by atomic mass is 9.95. The number of nitrogens with zero attached hydrogens (tertiary/aromatic N) is 2. The second kappa shape index (κ2) is 16.5. The summed E-state index contributed by atoms with van der Waals surface area (Å²) >= 11 is 0. The average Bonchev–Trinajstić information content (AvgIpc) is 3.54. The maximum absolute atomic E-state index is 16.5. The van der Waals surface area contributed by atoms with Gasteiger partial charge < -0.3 is 20.1 Å². The van der Waals surface area contributed by atoms with E-state index in [0.717, 1.165) is 94.8 Å². The fourth-order valence-corrected chi connectivity index (χ4v) is 12.7. The summed E-state index contributed by atoms with van der Waals surface area (Å²) < 4.78 is 16.5. The fraction of sp³-hybridized carbons (Fsp3) is 0.0526. The smallest absolute Gasteiger partial charge is 0.172 e. The Labute approximate surface area is 373 Å². The van der Waals surface area contributed by atoms with Crippen molar-refractivity contribution in [1.82, 2.24) is 5.32 Å². The summed E-state index contributed by atoms with van der Waals surface area (Å²) in [5, 5.41) is 20.7. The molecule has 0 saturated heterocycles. The molecule has 2 unspecified atom stereocenters. The lowest BCUT2D eigenvalue weighted by Crippen LogP contribution is -2.31. The van der Waals surface area contributed by atoms with E-state index < -0.39 is 7.14 Å². The molecule has 0 fully saturated rings. The van der Waals surface area contributed by atoms with Crippen molar-refractivity contribution in [3.05, 3.63) is 241 Å². The molecule has 11 rings (SSSR count). The predicted octanol–water partition coefficient (Wildman–Crippen LogP) is 13.0. The van der Waals surface area contributed by atoms with Gasteiger partial charge in [-0.15, -0.1) is 0 Å². The molecular formula is C57H44N5OP. The van der Waals surface area contributed by atoms with Gasteiger partial charge in [0.05, 0.1) is 18.0 Å². The van der Waals surface area contributed by atoms with Crippen LogP contribution in [0.3, 0.4) is 0 Å². The standard InChI is InChI=1S/C57H44N5OP/c58-56(40-18-3-1-4-19-40)61-57(60-38-59-45-24-5-2-6-25-45)44-23-15-21-41(35-44)42-22-16-26-46(36-42)62-51-30-12-9-27-48(51)54-50-29-11-14-32-53(50)64(63,55(54)49-28-10-13-31-52(49)62)47-34-33-39-17-7-8-20-43(39)37-47/h1-18,20-37,40,59H,19,38H2,(H2,58,60,61). The molecule has 2 atom stereocenters. The Morgan fingerprint density at radius 2 is 1.33 bits per heavy atom. The number of aliphatic imine (C=N–C) groups is 1. The summed E-state index contributed by atoms with van der Waals surface area (Å²) in [5.41, 5.74) is 10.9. The van der Waals surface area contributed by atoms with Crippen molar-refractivity contribution in [3.8, 4) is 11.1 Å². The highest BCUT2D eigenvalue weighted by Crippen LogP contribution is 2.68. The Kier molecular flexibility index (Phi) is 10.1. The molecule has 2 aliphatic heterocycles. The monoisotopic (exact) mass is 845 g/mol. The van der Waals surface area contributed by atoms with Crippen LogP contribution in [0.15, 0.2) is 223 Å². The Bertz CT molecular complexity index is 3310. The van der Waals surface area contributed by atoms with Crippen LogP contribution in [-0.2, 0) is 4.57 Å². The SMILES string of the molecule is N=C(/N=C(\NCNc1ccccc1)c1cccc(-c2cccc(N3c4ccccc4C4=C(c5ccccc53)P(=O)(c3ccc5ccccc5c3)c3ccccc34)c2)c1)C1C=CC=CC1. The number of allylic oxidation sites excluding steroid dienone is 3. The number of benzene rings is 8. The normalized spacial score (nSPS) is 17.3.